The smallest absolute Gasteiger partial charge is 0.340 e. The highest BCUT2D eigenvalue weighted by atomic mass is 31.2. The second-order valence-electron chi connectivity index (χ2n) is 7.95. The summed E-state index contributed by atoms with van der Waals surface area (Å²) < 4.78 is 29.0. The van der Waals surface area contributed by atoms with Gasteiger partial charge in [0.2, 0.25) is 0 Å². The van der Waals surface area contributed by atoms with Crippen LogP contribution >= 0.6 is 7.60 Å². The summed E-state index contributed by atoms with van der Waals surface area (Å²) in [6.45, 7) is 11.2. The number of aldehydes is 1. The van der Waals surface area contributed by atoms with Crippen molar-refractivity contribution in [3.63, 3.8) is 0 Å². The van der Waals surface area contributed by atoms with Crippen molar-refractivity contribution < 1.29 is 22.8 Å². The molecule has 1 unspecified atom stereocenters. The molecule has 1 saturated carbocycles. The van der Waals surface area contributed by atoms with Gasteiger partial charge in [0.25, 0.3) is 0 Å². The van der Waals surface area contributed by atoms with Gasteiger partial charge in [0.15, 0.2) is 8.32 Å². The van der Waals surface area contributed by atoms with Gasteiger partial charge in [-0.2, -0.15) is 0 Å². The first kappa shape index (κ1) is 21.0. The third kappa shape index (κ3) is 4.99. The van der Waals surface area contributed by atoms with Crippen LogP contribution in [0.25, 0.3) is 0 Å². The maximum atomic E-state index is 12.5. The molecule has 0 aromatic rings. The molecule has 7 heteroatoms. The Morgan fingerprint density at radius 3 is 1.91 bits per heavy atom. The predicted octanol–water partition coefficient (Wildman–Crippen LogP) is 4.62. The number of rotatable bonds is 7. The molecule has 0 aliphatic heterocycles. The van der Waals surface area contributed by atoms with Gasteiger partial charge in [0.05, 0.1) is 0 Å². The minimum absolute atomic E-state index is 0.0394. The SMILES string of the molecule is COP(=O)(OC)C(C=O)C1CCC(O[Si](C)(C)C(C)(C)C)CC1. The summed E-state index contributed by atoms with van der Waals surface area (Å²) in [6.07, 6.45) is 4.42. The molecule has 1 aliphatic carbocycles. The van der Waals surface area contributed by atoms with Crippen LogP contribution in [0.4, 0.5) is 0 Å². The molecule has 0 aromatic carbocycles. The van der Waals surface area contributed by atoms with E-state index in [4.69, 9.17) is 13.5 Å². The van der Waals surface area contributed by atoms with E-state index < -0.39 is 21.6 Å². The highest BCUT2D eigenvalue weighted by Gasteiger charge is 2.43. The van der Waals surface area contributed by atoms with Crippen molar-refractivity contribution in [1.29, 1.82) is 0 Å². The normalized spacial score (nSPS) is 25.2. The van der Waals surface area contributed by atoms with E-state index in [9.17, 15) is 9.36 Å². The van der Waals surface area contributed by atoms with Crippen molar-refractivity contribution in [2.75, 3.05) is 14.2 Å². The maximum absolute atomic E-state index is 12.5. The zero-order valence-electron chi connectivity index (χ0n) is 15.6. The van der Waals surface area contributed by atoms with E-state index in [1.54, 1.807) is 0 Å². The molecule has 0 N–H and O–H groups in total. The molecule has 1 aliphatic rings. The van der Waals surface area contributed by atoms with Crippen molar-refractivity contribution >= 4 is 22.2 Å². The fourth-order valence-electron chi connectivity index (χ4n) is 2.90. The van der Waals surface area contributed by atoms with Gasteiger partial charge in [-0.25, -0.2) is 0 Å². The molecule has 1 atom stereocenters. The Bertz CT molecular complexity index is 430. The van der Waals surface area contributed by atoms with Crippen molar-refractivity contribution in [1.82, 2.24) is 0 Å². The average Bonchev–Trinajstić information content (AvgIpc) is 2.48. The number of carbonyl (C=O) groups is 1. The van der Waals surface area contributed by atoms with Crippen molar-refractivity contribution in [2.45, 2.75) is 76.3 Å². The van der Waals surface area contributed by atoms with Gasteiger partial charge < -0.3 is 18.3 Å². The van der Waals surface area contributed by atoms with Crippen LogP contribution in [0.1, 0.15) is 46.5 Å². The average molecular weight is 364 g/mol. The van der Waals surface area contributed by atoms with Gasteiger partial charge in [0.1, 0.15) is 11.9 Å². The number of carbonyl (C=O) groups excluding carboxylic acids is 1. The molecule has 0 spiro atoms. The van der Waals surface area contributed by atoms with Crippen LogP contribution in [0, 0.1) is 5.92 Å². The van der Waals surface area contributed by atoms with E-state index in [0.717, 1.165) is 32.0 Å². The van der Waals surface area contributed by atoms with Crippen molar-refractivity contribution in [3.8, 4) is 0 Å². The first-order valence-electron chi connectivity index (χ1n) is 8.35. The third-order valence-electron chi connectivity index (χ3n) is 5.48. The van der Waals surface area contributed by atoms with E-state index in [2.05, 4.69) is 33.9 Å². The first-order valence-corrected chi connectivity index (χ1v) is 12.9. The second-order valence-corrected chi connectivity index (χ2v) is 15.1. The molecule has 0 heterocycles. The summed E-state index contributed by atoms with van der Waals surface area (Å²) in [7, 11) is -2.44. The standard InChI is InChI=1S/C16H33O5PSi/c1-16(2,3)23(6,7)21-14-10-8-13(9-11-14)15(12-17)22(18,19-4)20-5/h12-15H,8-11H2,1-7H3. The van der Waals surface area contributed by atoms with Crippen molar-refractivity contribution in [2.24, 2.45) is 5.92 Å². The molecule has 136 valence electrons. The van der Waals surface area contributed by atoms with Gasteiger partial charge in [-0.05, 0) is 49.7 Å². The lowest BCUT2D eigenvalue weighted by Gasteiger charge is -2.42. The van der Waals surface area contributed by atoms with E-state index in [-0.39, 0.29) is 17.1 Å². The Hall–Kier alpha value is -0.00312. The van der Waals surface area contributed by atoms with Gasteiger partial charge in [-0.3, -0.25) is 4.57 Å². The molecule has 0 radical (unpaired) electrons. The summed E-state index contributed by atoms with van der Waals surface area (Å²) in [5, 5.41) is 0.191. The van der Waals surface area contributed by atoms with Crippen LogP contribution < -0.4 is 0 Å². The fraction of sp³-hybridized carbons (Fsp3) is 0.938. The summed E-state index contributed by atoms with van der Waals surface area (Å²) >= 11 is 0. The minimum atomic E-state index is -3.35. The third-order valence-corrected chi connectivity index (χ3v) is 12.3. The highest BCUT2D eigenvalue weighted by molar-refractivity contribution is 7.55. The lowest BCUT2D eigenvalue weighted by Crippen LogP contribution is -2.45. The largest absolute Gasteiger partial charge is 0.414 e. The molecule has 1 fully saturated rings. The summed E-state index contributed by atoms with van der Waals surface area (Å²) in [5.74, 6) is 0.0394. The Kier molecular flexibility index (Phi) is 7.24. The van der Waals surface area contributed by atoms with Crippen LogP contribution in [-0.4, -0.2) is 40.6 Å². The van der Waals surface area contributed by atoms with Gasteiger partial charge in [-0.1, -0.05) is 20.8 Å². The molecule has 5 nitrogen and oxygen atoms in total. The predicted molar refractivity (Wildman–Crippen MR) is 95.5 cm³/mol. The fourth-order valence-corrected chi connectivity index (χ4v) is 5.93. The quantitative estimate of drug-likeness (QED) is 0.375. The van der Waals surface area contributed by atoms with Crippen molar-refractivity contribution in [3.05, 3.63) is 0 Å². The molecular formula is C16H33O5PSi. The minimum Gasteiger partial charge on any atom is -0.414 e. The second kappa shape index (κ2) is 7.92. The van der Waals surface area contributed by atoms with E-state index in [1.165, 1.54) is 14.2 Å². The monoisotopic (exact) mass is 364 g/mol. The number of hydrogen-bond donors (Lipinski definition) is 0. The summed E-state index contributed by atoms with van der Waals surface area (Å²) in [5.41, 5.74) is -0.675. The van der Waals surface area contributed by atoms with E-state index in [1.807, 2.05) is 0 Å². The highest BCUT2D eigenvalue weighted by Crippen LogP contribution is 2.55. The van der Waals surface area contributed by atoms with Crippen LogP contribution in [-0.2, 0) is 22.8 Å². The Balaban J connectivity index is 2.68. The lowest BCUT2D eigenvalue weighted by atomic mass is 9.85. The van der Waals surface area contributed by atoms with Crippen LogP contribution in [0.3, 0.4) is 0 Å². The van der Waals surface area contributed by atoms with Crippen LogP contribution in [0.5, 0.6) is 0 Å². The number of hydrogen-bond acceptors (Lipinski definition) is 5. The molecule has 0 aromatic heterocycles. The van der Waals surface area contributed by atoms with E-state index >= 15 is 0 Å². The molecule has 0 saturated heterocycles. The Labute approximate surface area is 142 Å². The molecule has 0 amide bonds. The molecular weight excluding hydrogens is 331 g/mol. The first-order chi connectivity index (χ1) is 10.5. The zero-order valence-corrected chi connectivity index (χ0v) is 17.5. The Morgan fingerprint density at radius 1 is 1.09 bits per heavy atom. The molecule has 1 rings (SSSR count). The zero-order chi connectivity index (χ0) is 17.9. The van der Waals surface area contributed by atoms with Crippen LogP contribution in [0.15, 0.2) is 0 Å². The Morgan fingerprint density at radius 2 is 1.57 bits per heavy atom. The van der Waals surface area contributed by atoms with Gasteiger partial charge >= 0.3 is 7.60 Å². The van der Waals surface area contributed by atoms with Gasteiger partial charge in [0, 0.05) is 20.3 Å². The topological polar surface area (TPSA) is 61.8 Å². The molecule has 23 heavy (non-hydrogen) atoms. The lowest BCUT2D eigenvalue weighted by molar-refractivity contribution is -0.109. The van der Waals surface area contributed by atoms with E-state index in [0.29, 0.717) is 0 Å². The van der Waals surface area contributed by atoms with Gasteiger partial charge in [-0.15, -0.1) is 0 Å². The maximum Gasteiger partial charge on any atom is 0.340 e. The summed E-state index contributed by atoms with van der Waals surface area (Å²) in [6, 6.07) is 0. The summed E-state index contributed by atoms with van der Waals surface area (Å²) in [4.78, 5) is 11.5. The van der Waals surface area contributed by atoms with Crippen LogP contribution in [0.2, 0.25) is 18.1 Å². The molecule has 0 bridgehead atoms.